The minimum atomic E-state index is -0.527. The summed E-state index contributed by atoms with van der Waals surface area (Å²) >= 11 is 0. The Bertz CT molecular complexity index is 599. The lowest BCUT2D eigenvalue weighted by atomic mass is 10.1. The van der Waals surface area contributed by atoms with E-state index in [1.165, 1.54) is 19.2 Å². The predicted molar refractivity (Wildman–Crippen MR) is 77.0 cm³/mol. The van der Waals surface area contributed by atoms with E-state index >= 15 is 0 Å². The number of ether oxygens (including phenoxy) is 1. The van der Waals surface area contributed by atoms with E-state index in [0.717, 1.165) is 5.69 Å². The molecule has 2 rings (SSSR count). The number of carbonyl (C=O) groups excluding carboxylic acids is 1. The average molecular weight is 273 g/mol. The lowest BCUT2D eigenvalue weighted by molar-refractivity contribution is 0.1000. The molecule has 0 aliphatic rings. The number of hydrogen-bond donors (Lipinski definition) is 0. The van der Waals surface area contributed by atoms with Crippen LogP contribution in [0.15, 0.2) is 48.5 Å². The lowest BCUT2D eigenvalue weighted by Crippen LogP contribution is -2.25. The zero-order valence-electron chi connectivity index (χ0n) is 11.5. The fourth-order valence-corrected chi connectivity index (χ4v) is 1.92. The molecule has 0 radical (unpaired) electrons. The first-order valence-corrected chi connectivity index (χ1v) is 6.24. The third-order valence-corrected chi connectivity index (χ3v) is 3.05. The molecule has 2 aromatic carbocycles. The SMILES string of the molecule is COc1ccc(C(=O)CN(C)c2ccccc2)cc1F. The number of benzene rings is 2. The van der Waals surface area contributed by atoms with Crippen LogP contribution in [0.2, 0.25) is 0 Å². The van der Waals surface area contributed by atoms with E-state index in [1.54, 1.807) is 6.07 Å². The molecule has 104 valence electrons. The maximum absolute atomic E-state index is 13.6. The summed E-state index contributed by atoms with van der Waals surface area (Å²) in [6.07, 6.45) is 0. The van der Waals surface area contributed by atoms with Crippen LogP contribution in [0.5, 0.6) is 5.75 Å². The molecule has 0 aliphatic heterocycles. The highest BCUT2D eigenvalue weighted by atomic mass is 19.1. The van der Waals surface area contributed by atoms with Gasteiger partial charge >= 0.3 is 0 Å². The first-order chi connectivity index (χ1) is 9.61. The molecule has 0 fully saturated rings. The van der Waals surface area contributed by atoms with E-state index in [2.05, 4.69) is 0 Å². The Morgan fingerprint density at radius 1 is 1.20 bits per heavy atom. The summed E-state index contributed by atoms with van der Waals surface area (Å²) < 4.78 is 18.4. The molecule has 2 aromatic rings. The predicted octanol–water partition coefficient (Wildman–Crippen LogP) is 3.15. The number of Topliss-reactive ketones (excluding diaryl/α,β-unsaturated/α-hetero) is 1. The maximum atomic E-state index is 13.6. The van der Waals surface area contributed by atoms with Gasteiger partial charge in [-0.15, -0.1) is 0 Å². The lowest BCUT2D eigenvalue weighted by Gasteiger charge is -2.18. The third kappa shape index (κ3) is 3.15. The number of carbonyl (C=O) groups is 1. The summed E-state index contributed by atoms with van der Waals surface area (Å²) in [5.74, 6) is -0.531. The summed E-state index contributed by atoms with van der Waals surface area (Å²) in [5, 5.41) is 0. The molecule has 0 saturated heterocycles. The normalized spacial score (nSPS) is 10.2. The Morgan fingerprint density at radius 2 is 1.90 bits per heavy atom. The summed E-state index contributed by atoms with van der Waals surface area (Å²) in [4.78, 5) is 14.0. The Labute approximate surface area is 117 Å². The quantitative estimate of drug-likeness (QED) is 0.784. The van der Waals surface area contributed by atoms with Gasteiger partial charge in [-0.25, -0.2) is 4.39 Å². The van der Waals surface area contributed by atoms with Crippen molar-refractivity contribution in [1.82, 2.24) is 0 Å². The third-order valence-electron chi connectivity index (χ3n) is 3.05. The molecule has 20 heavy (non-hydrogen) atoms. The molecule has 0 unspecified atom stereocenters. The number of hydrogen-bond acceptors (Lipinski definition) is 3. The van der Waals surface area contributed by atoms with Crippen molar-refractivity contribution >= 4 is 11.5 Å². The van der Waals surface area contributed by atoms with Gasteiger partial charge in [-0.05, 0) is 30.3 Å². The Kier molecular flexibility index (Phi) is 4.35. The monoisotopic (exact) mass is 273 g/mol. The van der Waals surface area contributed by atoms with Crippen molar-refractivity contribution in [2.24, 2.45) is 0 Å². The van der Waals surface area contributed by atoms with Gasteiger partial charge in [0.2, 0.25) is 0 Å². The summed E-state index contributed by atoms with van der Waals surface area (Å²) in [6.45, 7) is 0.190. The maximum Gasteiger partial charge on any atom is 0.182 e. The molecular formula is C16H16FNO2. The van der Waals surface area contributed by atoms with Gasteiger partial charge in [0.05, 0.1) is 13.7 Å². The van der Waals surface area contributed by atoms with E-state index < -0.39 is 5.82 Å². The fraction of sp³-hybridized carbons (Fsp3) is 0.188. The molecule has 0 saturated carbocycles. The Balaban J connectivity index is 2.10. The van der Waals surface area contributed by atoms with Crippen LogP contribution in [0.4, 0.5) is 10.1 Å². The zero-order chi connectivity index (χ0) is 14.5. The van der Waals surface area contributed by atoms with Crippen LogP contribution in [0.3, 0.4) is 0 Å². The summed E-state index contributed by atoms with van der Waals surface area (Å²) in [7, 11) is 3.22. The average Bonchev–Trinajstić information content (AvgIpc) is 2.48. The molecule has 4 heteroatoms. The minimum absolute atomic E-state index is 0.137. The topological polar surface area (TPSA) is 29.5 Å². The van der Waals surface area contributed by atoms with Crippen molar-refractivity contribution in [2.75, 3.05) is 25.6 Å². The van der Waals surface area contributed by atoms with Gasteiger partial charge in [0.1, 0.15) is 0 Å². The number of nitrogens with zero attached hydrogens (tertiary/aromatic N) is 1. The second kappa shape index (κ2) is 6.19. The van der Waals surface area contributed by atoms with E-state index in [0.29, 0.717) is 5.56 Å². The number of para-hydroxylation sites is 1. The Morgan fingerprint density at radius 3 is 2.50 bits per heavy atom. The largest absolute Gasteiger partial charge is 0.494 e. The summed E-state index contributed by atoms with van der Waals surface area (Å²) in [6, 6.07) is 13.8. The molecule has 0 atom stereocenters. The van der Waals surface area contributed by atoms with E-state index in [-0.39, 0.29) is 18.1 Å². The highest BCUT2D eigenvalue weighted by Crippen LogP contribution is 2.19. The molecule has 0 heterocycles. The van der Waals surface area contributed by atoms with Gasteiger partial charge in [-0.2, -0.15) is 0 Å². The molecular weight excluding hydrogens is 257 g/mol. The van der Waals surface area contributed by atoms with Crippen LogP contribution < -0.4 is 9.64 Å². The van der Waals surface area contributed by atoms with Crippen molar-refractivity contribution in [3.63, 3.8) is 0 Å². The minimum Gasteiger partial charge on any atom is -0.494 e. The Hall–Kier alpha value is -2.36. The zero-order valence-corrected chi connectivity index (χ0v) is 11.5. The van der Waals surface area contributed by atoms with Crippen LogP contribution >= 0.6 is 0 Å². The van der Waals surface area contributed by atoms with Crippen molar-refractivity contribution in [1.29, 1.82) is 0 Å². The molecule has 0 amide bonds. The second-order valence-corrected chi connectivity index (χ2v) is 4.46. The number of ketones is 1. The highest BCUT2D eigenvalue weighted by molar-refractivity contribution is 5.99. The van der Waals surface area contributed by atoms with Gasteiger partial charge in [0.25, 0.3) is 0 Å². The number of methoxy groups -OCH3 is 1. The van der Waals surface area contributed by atoms with E-state index in [9.17, 15) is 9.18 Å². The summed E-state index contributed by atoms with van der Waals surface area (Å²) in [5.41, 5.74) is 1.28. The van der Waals surface area contributed by atoms with E-state index in [1.807, 2.05) is 42.3 Å². The van der Waals surface area contributed by atoms with Crippen molar-refractivity contribution in [2.45, 2.75) is 0 Å². The van der Waals surface area contributed by atoms with Crippen molar-refractivity contribution in [3.05, 3.63) is 59.9 Å². The first-order valence-electron chi connectivity index (χ1n) is 6.24. The van der Waals surface area contributed by atoms with Crippen LogP contribution in [-0.2, 0) is 0 Å². The molecule has 0 bridgehead atoms. The van der Waals surface area contributed by atoms with Gasteiger partial charge in [-0.3, -0.25) is 4.79 Å². The van der Waals surface area contributed by atoms with E-state index in [4.69, 9.17) is 4.74 Å². The number of anilines is 1. The first kappa shape index (κ1) is 14.1. The number of likely N-dealkylation sites (N-methyl/N-ethyl adjacent to an activating group) is 1. The van der Waals surface area contributed by atoms with Crippen molar-refractivity contribution in [3.8, 4) is 5.75 Å². The standard InChI is InChI=1S/C16H16FNO2/c1-18(13-6-4-3-5-7-13)11-15(19)12-8-9-16(20-2)14(17)10-12/h3-10H,11H2,1-2H3. The van der Waals surface area contributed by atoms with Gasteiger partial charge in [0.15, 0.2) is 17.3 Å². The smallest absolute Gasteiger partial charge is 0.182 e. The van der Waals surface area contributed by atoms with Gasteiger partial charge in [-0.1, -0.05) is 18.2 Å². The number of rotatable bonds is 5. The van der Waals surface area contributed by atoms with Crippen LogP contribution in [0.1, 0.15) is 10.4 Å². The van der Waals surface area contributed by atoms with Crippen LogP contribution in [0.25, 0.3) is 0 Å². The molecule has 0 N–H and O–H groups in total. The van der Waals surface area contributed by atoms with Gasteiger partial charge < -0.3 is 9.64 Å². The van der Waals surface area contributed by atoms with Crippen LogP contribution in [0, 0.1) is 5.82 Å². The fourth-order valence-electron chi connectivity index (χ4n) is 1.92. The van der Waals surface area contributed by atoms with Crippen LogP contribution in [-0.4, -0.2) is 26.5 Å². The van der Waals surface area contributed by atoms with Gasteiger partial charge in [0, 0.05) is 18.3 Å². The highest BCUT2D eigenvalue weighted by Gasteiger charge is 2.12. The molecule has 3 nitrogen and oxygen atoms in total. The molecule has 0 aliphatic carbocycles. The molecule has 0 aromatic heterocycles. The van der Waals surface area contributed by atoms with Crippen molar-refractivity contribution < 1.29 is 13.9 Å². The molecule has 0 spiro atoms. The number of halogens is 1. The second-order valence-electron chi connectivity index (χ2n) is 4.46.